The second-order valence-corrected chi connectivity index (χ2v) is 6.53. The summed E-state index contributed by atoms with van der Waals surface area (Å²) in [6.07, 6.45) is 0. The van der Waals surface area contributed by atoms with Crippen LogP contribution in [0.3, 0.4) is 0 Å². The van der Waals surface area contributed by atoms with Crippen LogP contribution in [0, 0.1) is 5.82 Å². The molecule has 2 aromatic carbocycles. The lowest BCUT2D eigenvalue weighted by Crippen LogP contribution is -2.31. The smallest absolute Gasteiger partial charge is 0.337 e. The highest BCUT2D eigenvalue weighted by Crippen LogP contribution is 2.24. The minimum atomic E-state index is -3.86. The number of rotatable bonds is 5. The van der Waals surface area contributed by atoms with Crippen LogP contribution in [0.5, 0.6) is 0 Å². The van der Waals surface area contributed by atoms with Gasteiger partial charge in [-0.15, -0.1) is 0 Å². The molecule has 0 saturated heterocycles. The number of carbonyl (C=O) groups is 1. The van der Waals surface area contributed by atoms with Crippen molar-refractivity contribution < 1.29 is 22.3 Å². The van der Waals surface area contributed by atoms with Gasteiger partial charge < -0.3 is 4.74 Å². The summed E-state index contributed by atoms with van der Waals surface area (Å²) in [5, 5.41) is 0. The summed E-state index contributed by atoms with van der Waals surface area (Å²) in [6.45, 7) is 1.83. The van der Waals surface area contributed by atoms with Crippen LogP contribution in [0.4, 0.5) is 10.1 Å². The van der Waals surface area contributed by atoms with Gasteiger partial charge in [0.05, 0.1) is 23.3 Å². The van der Waals surface area contributed by atoms with Gasteiger partial charge in [0.15, 0.2) is 0 Å². The van der Waals surface area contributed by atoms with Crippen LogP contribution in [-0.4, -0.2) is 28.0 Å². The molecule has 0 bridgehead atoms. The molecule has 0 fully saturated rings. The van der Waals surface area contributed by atoms with E-state index in [1.54, 1.807) is 19.1 Å². The van der Waals surface area contributed by atoms with E-state index < -0.39 is 21.8 Å². The Kier molecular flexibility index (Phi) is 5.00. The van der Waals surface area contributed by atoms with Gasteiger partial charge >= 0.3 is 5.97 Å². The largest absolute Gasteiger partial charge is 0.465 e. The quantitative estimate of drug-likeness (QED) is 0.787. The van der Waals surface area contributed by atoms with Crippen LogP contribution in [-0.2, 0) is 14.8 Å². The summed E-state index contributed by atoms with van der Waals surface area (Å²) in [4.78, 5) is 11.6. The summed E-state index contributed by atoms with van der Waals surface area (Å²) in [5.41, 5.74) is 0.581. The Bertz CT molecular complexity index is 803. The van der Waals surface area contributed by atoms with Crippen molar-refractivity contribution in [1.29, 1.82) is 0 Å². The molecule has 0 aliphatic carbocycles. The average molecular weight is 337 g/mol. The van der Waals surface area contributed by atoms with Crippen molar-refractivity contribution in [3.8, 4) is 0 Å². The van der Waals surface area contributed by atoms with Crippen molar-refractivity contribution in [1.82, 2.24) is 0 Å². The van der Waals surface area contributed by atoms with Crippen molar-refractivity contribution in [2.75, 3.05) is 18.0 Å². The van der Waals surface area contributed by atoms with Crippen LogP contribution in [0.2, 0.25) is 0 Å². The Labute approximate surface area is 134 Å². The highest BCUT2D eigenvalue weighted by Gasteiger charge is 2.24. The van der Waals surface area contributed by atoms with Gasteiger partial charge in [-0.25, -0.2) is 17.6 Å². The maximum absolute atomic E-state index is 13.0. The lowest BCUT2D eigenvalue weighted by molar-refractivity contribution is 0.0600. The molecule has 5 nitrogen and oxygen atoms in total. The van der Waals surface area contributed by atoms with Gasteiger partial charge in [0.2, 0.25) is 0 Å². The number of sulfonamides is 1. The Morgan fingerprint density at radius 3 is 2.39 bits per heavy atom. The maximum atomic E-state index is 13.0. The monoisotopic (exact) mass is 337 g/mol. The fourth-order valence-corrected chi connectivity index (χ4v) is 3.60. The number of benzene rings is 2. The molecule has 7 heteroatoms. The van der Waals surface area contributed by atoms with Crippen LogP contribution >= 0.6 is 0 Å². The van der Waals surface area contributed by atoms with E-state index in [0.29, 0.717) is 5.69 Å². The third kappa shape index (κ3) is 3.50. The van der Waals surface area contributed by atoms with E-state index in [-0.39, 0.29) is 17.0 Å². The number of halogens is 1. The van der Waals surface area contributed by atoms with Crippen molar-refractivity contribution in [2.45, 2.75) is 11.8 Å². The molecule has 0 N–H and O–H groups in total. The molecule has 0 radical (unpaired) electrons. The van der Waals surface area contributed by atoms with Gasteiger partial charge in [0, 0.05) is 6.54 Å². The molecule has 0 amide bonds. The number of ether oxygens (including phenoxy) is 1. The van der Waals surface area contributed by atoms with E-state index in [4.69, 9.17) is 0 Å². The molecule has 23 heavy (non-hydrogen) atoms. The van der Waals surface area contributed by atoms with E-state index in [0.717, 1.165) is 16.4 Å². The Balaban J connectivity index is 2.46. The number of hydrogen-bond acceptors (Lipinski definition) is 4. The normalized spacial score (nSPS) is 11.1. The molecular formula is C16H16FNO4S. The first kappa shape index (κ1) is 17.0. The van der Waals surface area contributed by atoms with Crippen molar-refractivity contribution >= 4 is 21.7 Å². The molecule has 122 valence electrons. The van der Waals surface area contributed by atoms with Gasteiger partial charge in [0.25, 0.3) is 10.0 Å². The predicted molar refractivity (Wildman–Crippen MR) is 84.4 cm³/mol. The zero-order valence-electron chi connectivity index (χ0n) is 12.7. The molecule has 0 spiro atoms. The zero-order valence-corrected chi connectivity index (χ0v) is 13.5. The number of carbonyl (C=O) groups excluding carboxylic acids is 1. The van der Waals surface area contributed by atoms with Gasteiger partial charge in [-0.2, -0.15) is 0 Å². The molecule has 0 unspecified atom stereocenters. The van der Waals surface area contributed by atoms with Crippen molar-refractivity contribution in [3.05, 3.63) is 59.9 Å². The minimum absolute atomic E-state index is 0.0239. The molecule has 0 aliphatic heterocycles. The van der Waals surface area contributed by atoms with Gasteiger partial charge in [-0.05, 0) is 49.4 Å². The molecule has 0 heterocycles. The Morgan fingerprint density at radius 1 is 1.17 bits per heavy atom. The van der Waals surface area contributed by atoms with Crippen LogP contribution in [0.15, 0.2) is 53.4 Å². The van der Waals surface area contributed by atoms with Gasteiger partial charge in [-0.3, -0.25) is 4.31 Å². The molecule has 0 aliphatic rings. The lowest BCUT2D eigenvalue weighted by Gasteiger charge is -2.23. The first-order valence-electron chi connectivity index (χ1n) is 6.87. The summed E-state index contributed by atoms with van der Waals surface area (Å²) < 4.78 is 44.2. The van der Waals surface area contributed by atoms with Crippen LogP contribution in [0.25, 0.3) is 0 Å². The van der Waals surface area contributed by atoms with Crippen LogP contribution in [0.1, 0.15) is 17.3 Å². The lowest BCUT2D eigenvalue weighted by atomic mass is 10.2. The zero-order chi connectivity index (χ0) is 17.0. The van der Waals surface area contributed by atoms with E-state index >= 15 is 0 Å². The van der Waals surface area contributed by atoms with E-state index in [1.165, 1.54) is 31.4 Å². The highest BCUT2D eigenvalue weighted by molar-refractivity contribution is 7.92. The average Bonchev–Trinajstić information content (AvgIpc) is 2.55. The Hall–Kier alpha value is -2.41. The number of esters is 1. The molecule has 2 rings (SSSR count). The second kappa shape index (κ2) is 6.78. The summed E-state index contributed by atoms with van der Waals surface area (Å²) in [7, 11) is -2.60. The van der Waals surface area contributed by atoms with Gasteiger partial charge in [0.1, 0.15) is 5.82 Å². The number of nitrogens with zero attached hydrogens (tertiary/aromatic N) is 1. The summed E-state index contributed by atoms with van der Waals surface area (Å²) >= 11 is 0. The SMILES string of the molecule is CCN(c1cccc(C(=O)OC)c1)S(=O)(=O)c1ccc(F)cc1. The number of hydrogen-bond donors (Lipinski definition) is 0. The first-order valence-corrected chi connectivity index (χ1v) is 8.31. The van der Waals surface area contributed by atoms with E-state index in [9.17, 15) is 17.6 Å². The number of methoxy groups -OCH3 is 1. The van der Waals surface area contributed by atoms with E-state index in [2.05, 4.69) is 4.74 Å². The molecule has 0 saturated carbocycles. The summed E-state index contributed by atoms with van der Waals surface area (Å²) in [5.74, 6) is -1.07. The third-order valence-corrected chi connectivity index (χ3v) is 5.16. The van der Waals surface area contributed by atoms with Crippen LogP contribution < -0.4 is 4.31 Å². The molecule has 0 atom stereocenters. The highest BCUT2D eigenvalue weighted by atomic mass is 32.2. The van der Waals surface area contributed by atoms with E-state index in [1.807, 2.05) is 0 Å². The molecule has 2 aromatic rings. The molecular weight excluding hydrogens is 321 g/mol. The summed E-state index contributed by atoms with van der Waals surface area (Å²) in [6, 6.07) is 10.7. The van der Waals surface area contributed by atoms with Gasteiger partial charge in [-0.1, -0.05) is 6.07 Å². The third-order valence-electron chi connectivity index (χ3n) is 3.24. The maximum Gasteiger partial charge on any atom is 0.337 e. The standard InChI is InChI=1S/C16H16FNO4S/c1-3-18(14-6-4-5-12(11-14)16(19)22-2)23(20,21)15-9-7-13(17)8-10-15/h4-11H,3H2,1-2H3. The van der Waals surface area contributed by atoms with Crippen molar-refractivity contribution in [3.63, 3.8) is 0 Å². The molecule has 0 aromatic heterocycles. The topological polar surface area (TPSA) is 63.7 Å². The Morgan fingerprint density at radius 2 is 1.83 bits per heavy atom. The minimum Gasteiger partial charge on any atom is -0.465 e. The fourth-order valence-electron chi connectivity index (χ4n) is 2.13. The number of anilines is 1. The predicted octanol–water partition coefficient (Wildman–Crippen LogP) is 2.83. The first-order chi connectivity index (χ1) is 10.9. The fraction of sp³-hybridized carbons (Fsp3) is 0.188. The van der Waals surface area contributed by atoms with Crippen molar-refractivity contribution in [2.24, 2.45) is 0 Å². The second-order valence-electron chi connectivity index (χ2n) is 4.67.